The van der Waals surface area contributed by atoms with E-state index in [0.29, 0.717) is 22.2 Å². The molecule has 7 heteroatoms. The summed E-state index contributed by atoms with van der Waals surface area (Å²) < 4.78 is 2.24. The van der Waals surface area contributed by atoms with Crippen molar-refractivity contribution in [3.8, 4) is 0 Å². The Balaban J connectivity index is 1.37. The highest BCUT2D eigenvalue weighted by Crippen LogP contribution is 2.45. The number of thiophene rings is 1. The molecule has 1 aliphatic carbocycles. The van der Waals surface area contributed by atoms with Gasteiger partial charge in [-0.25, -0.2) is 4.99 Å². The Hall–Kier alpha value is -3.38. The van der Waals surface area contributed by atoms with Gasteiger partial charge in [0.2, 0.25) is 0 Å². The minimum absolute atomic E-state index is 0.124. The van der Waals surface area contributed by atoms with Crippen LogP contribution in [0.5, 0.6) is 0 Å². The summed E-state index contributed by atoms with van der Waals surface area (Å²) in [5, 5.41) is 6.33. The molecule has 5 aromatic rings. The lowest BCUT2D eigenvalue weighted by molar-refractivity contribution is 0.102. The molecular weight excluding hydrogens is 581 g/mol. The first kappa shape index (κ1) is 28.7. The van der Waals surface area contributed by atoms with Crippen molar-refractivity contribution in [1.82, 2.24) is 4.57 Å². The van der Waals surface area contributed by atoms with E-state index in [1.807, 2.05) is 36.5 Å². The molecule has 0 fully saturated rings. The highest BCUT2D eigenvalue weighted by Gasteiger charge is 2.33. The van der Waals surface area contributed by atoms with Gasteiger partial charge in [0.25, 0.3) is 5.91 Å². The Morgan fingerprint density at radius 1 is 1.02 bits per heavy atom. The van der Waals surface area contributed by atoms with E-state index in [-0.39, 0.29) is 11.3 Å². The average molecular weight is 615 g/mol. The lowest BCUT2D eigenvalue weighted by Crippen LogP contribution is -2.27. The Bertz CT molecular complexity index is 1780. The Morgan fingerprint density at radius 2 is 1.71 bits per heavy atom. The number of nitrogens with zero attached hydrogens (tertiary/aromatic N) is 2. The second-order valence-electron chi connectivity index (χ2n) is 12.1. The maximum atomic E-state index is 13.8. The van der Waals surface area contributed by atoms with Crippen molar-refractivity contribution in [1.29, 1.82) is 0 Å². The van der Waals surface area contributed by atoms with E-state index in [2.05, 4.69) is 67.2 Å². The lowest BCUT2D eigenvalue weighted by Gasteiger charge is -2.33. The van der Waals surface area contributed by atoms with Crippen molar-refractivity contribution in [3.05, 3.63) is 116 Å². The predicted octanol–water partition coefficient (Wildman–Crippen LogP) is 10.2. The van der Waals surface area contributed by atoms with E-state index in [4.69, 9.17) is 28.2 Å². The van der Waals surface area contributed by atoms with E-state index < -0.39 is 0 Å². The fraction of sp³-hybridized carbons (Fsp3) is 0.257. The molecule has 0 saturated carbocycles. The smallest absolute Gasteiger partial charge is 0.259 e. The number of halogens is 2. The molecule has 1 amide bonds. The number of hydrogen-bond donors (Lipinski definition) is 1. The van der Waals surface area contributed by atoms with Crippen molar-refractivity contribution in [2.24, 2.45) is 16.3 Å². The number of aliphatic imine (C=N–C) groups is 1. The van der Waals surface area contributed by atoms with Gasteiger partial charge in [-0.3, -0.25) is 4.79 Å². The van der Waals surface area contributed by atoms with Gasteiger partial charge in [0.1, 0.15) is 5.00 Å². The van der Waals surface area contributed by atoms with Crippen LogP contribution in [-0.4, -0.2) is 16.7 Å². The van der Waals surface area contributed by atoms with Crippen LogP contribution in [0, 0.1) is 11.3 Å². The van der Waals surface area contributed by atoms with Gasteiger partial charge >= 0.3 is 0 Å². The first-order chi connectivity index (χ1) is 20.2. The summed E-state index contributed by atoms with van der Waals surface area (Å²) in [7, 11) is 0. The van der Waals surface area contributed by atoms with E-state index in [1.165, 1.54) is 10.4 Å². The number of fused-ring (bicyclic) bond motifs is 2. The number of rotatable bonds is 6. The number of hydrogen-bond acceptors (Lipinski definition) is 3. The third kappa shape index (κ3) is 6.05. The molecule has 4 nitrogen and oxygen atoms in total. The van der Waals surface area contributed by atoms with E-state index in [0.717, 1.165) is 57.9 Å². The maximum absolute atomic E-state index is 13.8. The SMILES string of the molecule is CC(C)(C)[C@H]1CCc2c(sc(N=Cc3cn(Cc4ccc(Cl)cc4)c4ccccc34)c2C(=O)Nc2ccc(Cl)cc2)C1. The van der Waals surface area contributed by atoms with Gasteiger partial charge in [-0.1, -0.05) is 74.3 Å². The zero-order valence-corrected chi connectivity index (χ0v) is 26.3. The van der Waals surface area contributed by atoms with Crippen LogP contribution in [0.4, 0.5) is 10.7 Å². The van der Waals surface area contributed by atoms with Gasteiger partial charge in [-0.05, 0) is 84.2 Å². The molecule has 3 aromatic carbocycles. The monoisotopic (exact) mass is 613 g/mol. The average Bonchev–Trinajstić information content (AvgIpc) is 3.51. The summed E-state index contributed by atoms with van der Waals surface area (Å²) in [6.45, 7) is 7.65. The number of carbonyl (C=O) groups is 1. The van der Waals surface area contributed by atoms with Crippen LogP contribution >= 0.6 is 34.5 Å². The predicted molar refractivity (Wildman–Crippen MR) is 178 cm³/mol. The molecule has 2 heterocycles. The largest absolute Gasteiger partial charge is 0.342 e. The van der Waals surface area contributed by atoms with Crippen molar-refractivity contribution in [2.45, 2.75) is 46.6 Å². The van der Waals surface area contributed by atoms with Crippen LogP contribution in [0.3, 0.4) is 0 Å². The van der Waals surface area contributed by atoms with Gasteiger partial charge in [0.05, 0.1) is 5.56 Å². The minimum atomic E-state index is -0.124. The fourth-order valence-electron chi connectivity index (χ4n) is 5.79. The van der Waals surface area contributed by atoms with Crippen molar-refractivity contribution < 1.29 is 4.79 Å². The molecule has 1 N–H and O–H groups in total. The normalized spacial score (nSPS) is 15.3. The summed E-state index contributed by atoms with van der Waals surface area (Å²) in [6, 6.07) is 23.5. The first-order valence-corrected chi connectivity index (χ1v) is 15.8. The second-order valence-corrected chi connectivity index (χ2v) is 14.0. The van der Waals surface area contributed by atoms with Crippen molar-refractivity contribution >= 4 is 68.3 Å². The van der Waals surface area contributed by atoms with Crippen molar-refractivity contribution in [3.63, 3.8) is 0 Å². The molecule has 214 valence electrons. The number of para-hydroxylation sites is 1. The maximum Gasteiger partial charge on any atom is 0.259 e. The molecule has 0 saturated heterocycles. The zero-order valence-electron chi connectivity index (χ0n) is 24.0. The summed E-state index contributed by atoms with van der Waals surface area (Å²) in [6.07, 6.45) is 6.97. The molecule has 0 bridgehead atoms. The zero-order chi connectivity index (χ0) is 29.4. The summed E-state index contributed by atoms with van der Waals surface area (Å²) >= 11 is 13.8. The van der Waals surface area contributed by atoms with Crippen LogP contribution in [0.1, 0.15) is 59.1 Å². The van der Waals surface area contributed by atoms with Crippen LogP contribution in [0.15, 0.2) is 84.0 Å². The standard InChI is InChI=1S/C35H33Cl2N3OS/c1-35(2,3)24-10-17-29-31(18-24)42-34(32(29)33(41)39-27-15-13-26(37)14-16-27)38-19-23-21-40(30-7-5-4-6-28(23)30)20-22-8-11-25(36)12-9-22/h4-9,11-16,19,21,24H,10,17-18,20H2,1-3H3,(H,39,41)/t24-/m0/s1. The third-order valence-corrected chi connectivity index (χ3v) is 9.87. The molecule has 42 heavy (non-hydrogen) atoms. The highest BCUT2D eigenvalue weighted by molar-refractivity contribution is 7.16. The number of benzene rings is 3. The van der Waals surface area contributed by atoms with Crippen LogP contribution in [0.25, 0.3) is 10.9 Å². The third-order valence-electron chi connectivity index (χ3n) is 8.21. The molecular formula is C35H33Cl2N3OS. The van der Waals surface area contributed by atoms with Gasteiger partial charge in [0, 0.05) is 56.0 Å². The van der Waals surface area contributed by atoms with Gasteiger partial charge in [0.15, 0.2) is 0 Å². The number of amides is 1. The molecule has 0 aliphatic heterocycles. The Kier molecular flexibility index (Phi) is 8.01. The van der Waals surface area contributed by atoms with Crippen molar-refractivity contribution in [2.75, 3.05) is 5.32 Å². The number of anilines is 1. The summed E-state index contributed by atoms with van der Waals surface area (Å²) in [5.41, 5.74) is 6.08. The molecule has 2 aromatic heterocycles. The fourth-order valence-corrected chi connectivity index (χ4v) is 7.31. The Morgan fingerprint density at radius 3 is 2.43 bits per heavy atom. The van der Waals surface area contributed by atoms with E-state index >= 15 is 0 Å². The lowest BCUT2D eigenvalue weighted by atomic mass is 9.72. The van der Waals surface area contributed by atoms with Gasteiger partial charge < -0.3 is 9.88 Å². The molecule has 1 aliphatic rings. The summed E-state index contributed by atoms with van der Waals surface area (Å²) in [4.78, 5) is 20.0. The quantitative estimate of drug-likeness (QED) is 0.190. The second kappa shape index (κ2) is 11.7. The summed E-state index contributed by atoms with van der Waals surface area (Å²) in [5.74, 6) is 0.444. The molecule has 1 atom stereocenters. The minimum Gasteiger partial charge on any atom is -0.342 e. The van der Waals surface area contributed by atoms with Crippen LogP contribution < -0.4 is 5.32 Å². The van der Waals surface area contributed by atoms with Crippen LogP contribution in [-0.2, 0) is 19.4 Å². The van der Waals surface area contributed by atoms with E-state index in [9.17, 15) is 4.79 Å². The van der Waals surface area contributed by atoms with E-state index in [1.54, 1.807) is 23.5 Å². The Labute approximate surface area is 261 Å². The molecule has 0 unspecified atom stereocenters. The first-order valence-electron chi connectivity index (χ1n) is 14.2. The van der Waals surface area contributed by atoms with Crippen LogP contribution in [0.2, 0.25) is 10.0 Å². The topological polar surface area (TPSA) is 46.4 Å². The highest BCUT2D eigenvalue weighted by atomic mass is 35.5. The molecule has 0 spiro atoms. The number of aromatic nitrogens is 1. The molecule has 6 rings (SSSR count). The number of nitrogens with one attached hydrogen (secondary N) is 1. The van der Waals surface area contributed by atoms with Gasteiger partial charge in [-0.15, -0.1) is 11.3 Å². The van der Waals surface area contributed by atoms with Gasteiger partial charge in [-0.2, -0.15) is 0 Å². The number of carbonyl (C=O) groups excluding carboxylic acids is 1. The molecule has 0 radical (unpaired) electrons.